The zero-order chi connectivity index (χ0) is 13.4. The van der Waals surface area contributed by atoms with E-state index in [1.54, 1.807) is 11.8 Å². The lowest BCUT2D eigenvalue weighted by Crippen LogP contribution is -2.20. The van der Waals surface area contributed by atoms with Gasteiger partial charge in [-0.2, -0.15) is 24.9 Å². The summed E-state index contributed by atoms with van der Waals surface area (Å²) in [6.07, 6.45) is 1.04. The monoisotopic (exact) mass is 340 g/mol. The van der Waals surface area contributed by atoms with Crippen LogP contribution < -0.4 is 5.32 Å². The summed E-state index contributed by atoms with van der Waals surface area (Å²) < 4.78 is 38.9. The molecule has 0 bridgehead atoms. The summed E-state index contributed by atoms with van der Waals surface area (Å²) in [6.45, 7) is 0.520. The molecule has 7 heteroatoms. The van der Waals surface area contributed by atoms with Crippen LogP contribution in [-0.4, -0.2) is 22.5 Å². The summed E-state index contributed by atoms with van der Waals surface area (Å²) in [6, 6.07) is 1.05. The average Bonchev–Trinajstić information content (AvgIpc) is 3.07. The molecule has 18 heavy (non-hydrogen) atoms. The number of hydrogen-bond acceptors (Lipinski definition) is 3. The summed E-state index contributed by atoms with van der Waals surface area (Å²) in [5.41, 5.74) is -0.728. The maximum absolute atomic E-state index is 12.8. The van der Waals surface area contributed by atoms with Gasteiger partial charge in [-0.1, -0.05) is 0 Å². The third-order valence-corrected chi connectivity index (χ3v) is 4.83. The first-order valence-corrected chi connectivity index (χ1v) is 7.40. The van der Waals surface area contributed by atoms with E-state index >= 15 is 0 Å². The number of alkyl halides is 3. The van der Waals surface area contributed by atoms with E-state index in [0.29, 0.717) is 11.0 Å². The minimum atomic E-state index is -4.39. The zero-order valence-corrected chi connectivity index (χ0v) is 12.0. The van der Waals surface area contributed by atoms with Crippen molar-refractivity contribution in [3.05, 3.63) is 22.3 Å². The van der Waals surface area contributed by atoms with Crippen molar-refractivity contribution >= 4 is 33.5 Å². The second-order valence-corrected chi connectivity index (χ2v) is 6.48. The average molecular weight is 341 g/mol. The molecular formula is C11H12BrF3N2S. The molecule has 0 spiro atoms. The smallest absolute Gasteiger partial charge is 0.368 e. The van der Waals surface area contributed by atoms with Gasteiger partial charge in [-0.3, -0.25) is 0 Å². The summed E-state index contributed by atoms with van der Waals surface area (Å²) in [5.74, 6) is -0.0916. The number of thioether (sulfide) groups is 1. The van der Waals surface area contributed by atoms with Crippen molar-refractivity contribution in [1.29, 1.82) is 0 Å². The van der Waals surface area contributed by atoms with Crippen LogP contribution in [0, 0.1) is 0 Å². The number of hydrogen-bond donors (Lipinski definition) is 1. The second kappa shape index (κ2) is 4.92. The molecule has 0 unspecified atom stereocenters. The first-order chi connectivity index (χ1) is 8.36. The molecular weight excluding hydrogens is 329 g/mol. The van der Waals surface area contributed by atoms with Gasteiger partial charge < -0.3 is 5.32 Å². The minimum absolute atomic E-state index is 0.0916. The fourth-order valence-electron chi connectivity index (χ4n) is 1.63. The van der Waals surface area contributed by atoms with E-state index in [4.69, 9.17) is 0 Å². The van der Waals surface area contributed by atoms with Crippen molar-refractivity contribution in [2.45, 2.75) is 23.8 Å². The number of rotatable bonds is 4. The van der Waals surface area contributed by atoms with E-state index in [1.165, 1.54) is 6.20 Å². The van der Waals surface area contributed by atoms with E-state index in [9.17, 15) is 13.2 Å². The van der Waals surface area contributed by atoms with Crippen molar-refractivity contribution in [2.75, 3.05) is 18.1 Å². The lowest BCUT2D eigenvalue weighted by Gasteiger charge is -2.17. The van der Waals surface area contributed by atoms with Crippen LogP contribution in [0.3, 0.4) is 0 Å². The Morgan fingerprint density at radius 2 is 2.17 bits per heavy atom. The van der Waals surface area contributed by atoms with Crippen molar-refractivity contribution in [1.82, 2.24) is 4.98 Å². The maximum Gasteiger partial charge on any atom is 0.419 e. The lowest BCUT2D eigenvalue weighted by molar-refractivity contribution is -0.137. The molecule has 1 aromatic heterocycles. The highest BCUT2D eigenvalue weighted by Crippen LogP contribution is 2.47. The molecule has 0 aliphatic heterocycles. The van der Waals surface area contributed by atoms with E-state index < -0.39 is 11.7 Å². The van der Waals surface area contributed by atoms with E-state index in [-0.39, 0.29) is 10.6 Å². The predicted octanol–water partition coefficient (Wildman–Crippen LogP) is 4.17. The fraction of sp³-hybridized carbons (Fsp3) is 0.545. The topological polar surface area (TPSA) is 24.9 Å². The van der Waals surface area contributed by atoms with Crippen LogP contribution >= 0.6 is 27.7 Å². The molecule has 1 aliphatic rings. The number of pyridine rings is 1. The third kappa shape index (κ3) is 3.12. The van der Waals surface area contributed by atoms with Crippen LogP contribution in [0.1, 0.15) is 18.4 Å². The summed E-state index contributed by atoms with van der Waals surface area (Å²) >= 11 is 4.70. The lowest BCUT2D eigenvalue weighted by atomic mass is 10.2. The van der Waals surface area contributed by atoms with Gasteiger partial charge in [0.25, 0.3) is 0 Å². The van der Waals surface area contributed by atoms with Gasteiger partial charge in [0.2, 0.25) is 0 Å². The van der Waals surface area contributed by atoms with E-state index in [2.05, 4.69) is 26.2 Å². The van der Waals surface area contributed by atoms with Crippen LogP contribution in [-0.2, 0) is 6.18 Å². The van der Waals surface area contributed by atoms with Crippen molar-refractivity contribution in [3.8, 4) is 0 Å². The zero-order valence-electron chi connectivity index (χ0n) is 9.64. The Kier molecular flexibility index (Phi) is 3.82. The molecule has 1 aliphatic carbocycles. The van der Waals surface area contributed by atoms with Gasteiger partial charge in [0, 0.05) is 22.0 Å². The van der Waals surface area contributed by atoms with Gasteiger partial charge in [-0.25, -0.2) is 4.98 Å². The van der Waals surface area contributed by atoms with Gasteiger partial charge in [0.1, 0.15) is 5.82 Å². The van der Waals surface area contributed by atoms with E-state index in [1.807, 2.05) is 6.26 Å². The quantitative estimate of drug-likeness (QED) is 0.890. The highest BCUT2D eigenvalue weighted by molar-refractivity contribution is 9.10. The second-order valence-electron chi connectivity index (χ2n) is 4.29. The highest BCUT2D eigenvalue weighted by Gasteiger charge is 2.42. The Hall–Kier alpha value is -0.430. The van der Waals surface area contributed by atoms with Gasteiger partial charge in [-0.05, 0) is 41.1 Å². The molecule has 1 N–H and O–H groups in total. The van der Waals surface area contributed by atoms with Gasteiger partial charge >= 0.3 is 6.18 Å². The molecule has 0 amide bonds. The van der Waals surface area contributed by atoms with Gasteiger partial charge in [0.15, 0.2) is 0 Å². The molecule has 100 valence electrons. The van der Waals surface area contributed by atoms with Gasteiger partial charge in [0.05, 0.1) is 5.56 Å². The largest absolute Gasteiger partial charge is 0.419 e. The van der Waals surface area contributed by atoms with Crippen LogP contribution in [0.25, 0.3) is 0 Å². The Bertz CT molecular complexity index is 446. The molecule has 0 atom stereocenters. The number of aromatic nitrogens is 1. The third-order valence-electron chi connectivity index (χ3n) is 2.98. The highest BCUT2D eigenvalue weighted by atomic mass is 79.9. The molecule has 2 rings (SSSR count). The predicted molar refractivity (Wildman–Crippen MR) is 70.9 cm³/mol. The van der Waals surface area contributed by atoms with Crippen molar-refractivity contribution < 1.29 is 13.2 Å². The van der Waals surface area contributed by atoms with Crippen LogP contribution in [0.5, 0.6) is 0 Å². The Morgan fingerprint density at radius 3 is 2.67 bits per heavy atom. The van der Waals surface area contributed by atoms with Crippen molar-refractivity contribution in [3.63, 3.8) is 0 Å². The molecule has 0 radical (unpaired) electrons. The number of halogens is 4. The Morgan fingerprint density at radius 1 is 1.50 bits per heavy atom. The number of anilines is 1. The summed E-state index contributed by atoms with van der Waals surface area (Å²) in [4.78, 5) is 3.82. The number of nitrogens with one attached hydrogen (secondary N) is 1. The Labute approximate surface area is 116 Å². The van der Waals surface area contributed by atoms with Crippen LogP contribution in [0.15, 0.2) is 16.7 Å². The fourth-order valence-corrected chi connectivity index (χ4v) is 2.69. The standard InChI is InChI=1S/C11H12BrF3N2S/c1-18-10(2-3-10)6-17-9-8(11(13,14)15)4-7(12)5-16-9/h4-5H,2-3,6H2,1H3,(H,16,17). The molecule has 0 aromatic carbocycles. The molecule has 1 aromatic rings. The van der Waals surface area contributed by atoms with Crippen LogP contribution in [0.2, 0.25) is 0 Å². The maximum atomic E-state index is 12.8. The summed E-state index contributed by atoms with van der Waals surface area (Å²) in [5, 5.41) is 2.83. The van der Waals surface area contributed by atoms with Crippen molar-refractivity contribution in [2.24, 2.45) is 0 Å². The number of nitrogens with zero attached hydrogens (tertiary/aromatic N) is 1. The van der Waals surface area contributed by atoms with Gasteiger partial charge in [-0.15, -0.1) is 0 Å². The first kappa shape index (κ1) is 14.0. The first-order valence-electron chi connectivity index (χ1n) is 5.38. The summed E-state index contributed by atoms with van der Waals surface area (Å²) in [7, 11) is 0. The molecule has 2 nitrogen and oxygen atoms in total. The van der Waals surface area contributed by atoms with Crippen LogP contribution in [0.4, 0.5) is 19.0 Å². The normalized spacial score (nSPS) is 17.6. The molecule has 1 saturated carbocycles. The Balaban J connectivity index is 2.17. The molecule has 0 saturated heterocycles. The van der Waals surface area contributed by atoms with E-state index in [0.717, 1.165) is 18.9 Å². The minimum Gasteiger partial charge on any atom is -0.368 e. The SMILES string of the molecule is CSC1(CNc2ncc(Br)cc2C(F)(F)F)CC1. The molecule has 1 heterocycles. The molecule has 1 fully saturated rings.